The van der Waals surface area contributed by atoms with Crippen LogP contribution in [0.2, 0.25) is 0 Å². The molecule has 0 spiro atoms. The summed E-state index contributed by atoms with van der Waals surface area (Å²) in [5, 5.41) is 0. The molecular formula is CH2ClKO2. The zero-order valence-electron chi connectivity index (χ0n) is 1.77. The van der Waals surface area contributed by atoms with Gasteiger partial charge in [0.05, 0.1) is 0 Å². The normalized spacial score (nSPS) is 4.20. The fourth-order valence-electron chi connectivity index (χ4n) is 0. The van der Waals surface area contributed by atoms with E-state index in [2.05, 4.69) is 16.2 Å². The van der Waals surface area contributed by atoms with E-state index in [-0.39, 0.29) is 57.9 Å². The molecule has 2 nitrogen and oxygen atoms in total. The molecule has 0 fully saturated rings. The summed E-state index contributed by atoms with van der Waals surface area (Å²) in [6.45, 7) is 0.140. The number of carbonyl (C=O) groups is 1. The third-order valence-corrected chi connectivity index (χ3v) is 0.109. The van der Waals surface area contributed by atoms with Gasteiger partial charge in [0.2, 0.25) is 0 Å². The van der Waals surface area contributed by atoms with Gasteiger partial charge in [-0.15, -0.1) is 0 Å². The Bertz CT molecular complexity index is 23.6. The minimum absolute atomic E-state index is 0. The second kappa shape index (κ2) is 9.04. The maximum absolute atomic E-state index is 8.82. The number of hydrogen-bond donors (Lipinski definition) is 0. The molecule has 0 saturated heterocycles. The standard InChI is InChI=1S/CHClO2.K.H/c2-4-1-3;;/h1H;;. The van der Waals surface area contributed by atoms with Crippen molar-refractivity contribution >= 4 is 69.7 Å². The van der Waals surface area contributed by atoms with Crippen molar-refractivity contribution in [1.82, 2.24) is 0 Å². The van der Waals surface area contributed by atoms with Crippen LogP contribution in [0, 0.1) is 0 Å². The number of hydrogen-bond acceptors (Lipinski definition) is 2. The van der Waals surface area contributed by atoms with Crippen LogP contribution in [0.5, 0.6) is 0 Å². The van der Waals surface area contributed by atoms with Crippen LogP contribution >= 0.6 is 11.9 Å². The fraction of sp³-hybridized carbons (Fsp3) is 0. The summed E-state index contributed by atoms with van der Waals surface area (Å²) < 4.78 is 3.33. The average Bonchev–Trinajstić information content (AvgIpc) is 1.37. The van der Waals surface area contributed by atoms with Crippen molar-refractivity contribution in [3.05, 3.63) is 0 Å². The van der Waals surface area contributed by atoms with Crippen molar-refractivity contribution < 1.29 is 9.08 Å². The molecule has 0 aromatic rings. The van der Waals surface area contributed by atoms with Gasteiger partial charge in [0.1, 0.15) is 11.9 Å². The molecule has 0 unspecified atom stereocenters. The molecule has 0 N–H and O–H groups in total. The maximum atomic E-state index is 8.82. The summed E-state index contributed by atoms with van der Waals surface area (Å²) in [6, 6.07) is 0. The molecule has 5 heavy (non-hydrogen) atoms. The Morgan fingerprint density at radius 3 is 2.00 bits per heavy atom. The van der Waals surface area contributed by atoms with Crippen LogP contribution in [0.4, 0.5) is 0 Å². The van der Waals surface area contributed by atoms with Crippen molar-refractivity contribution in [3.63, 3.8) is 0 Å². The molecule has 0 saturated carbocycles. The third kappa shape index (κ3) is 10.8. The van der Waals surface area contributed by atoms with Gasteiger partial charge in [-0.1, -0.05) is 0 Å². The van der Waals surface area contributed by atoms with Gasteiger partial charge in [-0.05, 0) is 0 Å². The summed E-state index contributed by atoms with van der Waals surface area (Å²) >= 11 is 4.32. The number of rotatable bonds is 1. The summed E-state index contributed by atoms with van der Waals surface area (Å²) in [5.41, 5.74) is 0. The Morgan fingerprint density at radius 2 is 2.00 bits per heavy atom. The Morgan fingerprint density at radius 1 is 1.80 bits per heavy atom. The van der Waals surface area contributed by atoms with Gasteiger partial charge >= 0.3 is 57.9 Å². The molecular weight excluding hydrogens is 119 g/mol. The number of halogens is 1. The topological polar surface area (TPSA) is 26.3 Å². The van der Waals surface area contributed by atoms with Crippen LogP contribution in [0.3, 0.4) is 0 Å². The molecule has 0 radical (unpaired) electrons. The molecule has 26 valence electrons. The van der Waals surface area contributed by atoms with E-state index in [4.69, 9.17) is 4.79 Å². The Balaban J connectivity index is 0. The predicted molar refractivity (Wildman–Crippen MR) is 20.2 cm³/mol. The molecule has 0 aliphatic heterocycles. The predicted octanol–water partition coefficient (Wildman–Crippen LogP) is -0.335. The van der Waals surface area contributed by atoms with Crippen molar-refractivity contribution in [2.75, 3.05) is 0 Å². The van der Waals surface area contributed by atoms with Gasteiger partial charge in [0.15, 0.2) is 0 Å². The van der Waals surface area contributed by atoms with Crippen LogP contribution in [-0.4, -0.2) is 57.9 Å². The molecule has 0 amide bonds. The molecule has 0 aliphatic carbocycles. The van der Waals surface area contributed by atoms with Crippen molar-refractivity contribution in [2.45, 2.75) is 0 Å². The second-order valence-electron chi connectivity index (χ2n) is 0.185. The molecule has 0 aromatic carbocycles. The van der Waals surface area contributed by atoms with Crippen molar-refractivity contribution in [1.29, 1.82) is 0 Å². The van der Waals surface area contributed by atoms with Gasteiger partial charge in [-0.25, -0.2) is 0 Å². The SMILES string of the molecule is O=COCl.[KH]. The first-order valence-corrected chi connectivity index (χ1v) is 0.934. The van der Waals surface area contributed by atoms with Crippen molar-refractivity contribution in [2.24, 2.45) is 0 Å². The zero-order chi connectivity index (χ0) is 3.41. The zero-order valence-corrected chi connectivity index (χ0v) is 2.53. The van der Waals surface area contributed by atoms with E-state index in [9.17, 15) is 0 Å². The number of carbonyl (C=O) groups excluding carboxylic acids is 1. The first kappa shape index (κ1) is 9.64. The molecule has 0 bridgehead atoms. The van der Waals surface area contributed by atoms with Crippen molar-refractivity contribution in [3.8, 4) is 0 Å². The van der Waals surface area contributed by atoms with E-state index < -0.39 is 0 Å². The first-order valence-electron chi connectivity index (χ1n) is 0.626. The Labute approximate surface area is 77.4 Å². The van der Waals surface area contributed by atoms with E-state index in [0.29, 0.717) is 0 Å². The van der Waals surface area contributed by atoms with Gasteiger partial charge < -0.3 is 4.29 Å². The minimum atomic E-state index is 0. The molecule has 0 heterocycles. The van der Waals surface area contributed by atoms with E-state index in [0.717, 1.165) is 0 Å². The van der Waals surface area contributed by atoms with Crippen LogP contribution in [0.15, 0.2) is 0 Å². The van der Waals surface area contributed by atoms with E-state index in [1.54, 1.807) is 0 Å². The van der Waals surface area contributed by atoms with Crippen LogP contribution in [0.1, 0.15) is 0 Å². The molecule has 0 aliphatic rings. The summed E-state index contributed by atoms with van der Waals surface area (Å²) in [6.07, 6.45) is 0. The Hall–Kier alpha value is 1.40. The summed E-state index contributed by atoms with van der Waals surface area (Å²) in [5.74, 6) is 0. The van der Waals surface area contributed by atoms with Gasteiger partial charge in [-0.3, -0.25) is 4.79 Å². The van der Waals surface area contributed by atoms with E-state index >= 15 is 0 Å². The van der Waals surface area contributed by atoms with E-state index in [1.807, 2.05) is 0 Å². The van der Waals surface area contributed by atoms with Gasteiger partial charge in [-0.2, -0.15) is 0 Å². The van der Waals surface area contributed by atoms with Crippen LogP contribution < -0.4 is 0 Å². The van der Waals surface area contributed by atoms with Crippen LogP contribution in [-0.2, 0) is 9.08 Å². The molecule has 0 aromatic heterocycles. The molecule has 4 heteroatoms. The second-order valence-corrected chi connectivity index (χ2v) is 0.363. The quantitative estimate of drug-likeness (QED) is 0.350. The third-order valence-electron chi connectivity index (χ3n) is 0.0364. The van der Waals surface area contributed by atoms with Gasteiger partial charge in [0.25, 0.3) is 0 Å². The molecule has 0 rings (SSSR count). The van der Waals surface area contributed by atoms with Gasteiger partial charge in [0, 0.05) is 0 Å². The fourth-order valence-corrected chi connectivity index (χ4v) is 0. The molecule has 0 atom stereocenters. The van der Waals surface area contributed by atoms with E-state index in [1.165, 1.54) is 0 Å². The first-order chi connectivity index (χ1) is 1.91. The Kier molecular flexibility index (Phi) is 17.4. The van der Waals surface area contributed by atoms with Crippen LogP contribution in [0.25, 0.3) is 0 Å². The summed E-state index contributed by atoms with van der Waals surface area (Å²) in [7, 11) is 0. The summed E-state index contributed by atoms with van der Waals surface area (Å²) in [4.78, 5) is 8.82. The monoisotopic (exact) mass is 120 g/mol. The average molecular weight is 121 g/mol.